The van der Waals surface area contributed by atoms with Crippen LogP contribution in [0.2, 0.25) is 0 Å². The van der Waals surface area contributed by atoms with E-state index < -0.39 is 22.2 Å². The summed E-state index contributed by atoms with van der Waals surface area (Å²) in [6.07, 6.45) is 0.702. The van der Waals surface area contributed by atoms with Crippen LogP contribution in [-0.4, -0.2) is 17.3 Å². The highest BCUT2D eigenvalue weighted by molar-refractivity contribution is 6.28. The van der Waals surface area contributed by atoms with Gasteiger partial charge >= 0.3 is 0 Å². The van der Waals surface area contributed by atoms with E-state index in [1.807, 2.05) is 68.4 Å². The predicted octanol–water partition coefficient (Wildman–Crippen LogP) is 5.03. The Labute approximate surface area is 157 Å². The summed E-state index contributed by atoms with van der Waals surface area (Å²) < 4.78 is 0. The van der Waals surface area contributed by atoms with Gasteiger partial charge in [-0.3, -0.25) is 14.4 Å². The lowest BCUT2D eigenvalue weighted by Gasteiger charge is -2.57. The van der Waals surface area contributed by atoms with Crippen molar-refractivity contribution in [3.8, 4) is 0 Å². The average molecular weight is 357 g/mol. The largest absolute Gasteiger partial charge is 0.298 e. The Balaban J connectivity index is 2.64. The van der Waals surface area contributed by atoms with Gasteiger partial charge in [-0.25, -0.2) is 0 Å². The summed E-state index contributed by atoms with van der Waals surface area (Å²) in [5.41, 5.74) is 1.47. The molecule has 0 spiro atoms. The van der Waals surface area contributed by atoms with E-state index in [0.717, 1.165) is 16.7 Å². The van der Waals surface area contributed by atoms with Gasteiger partial charge in [0.25, 0.3) is 0 Å². The van der Waals surface area contributed by atoms with E-state index in [-0.39, 0.29) is 17.3 Å². The molecule has 1 aliphatic carbocycles. The second-order valence-electron chi connectivity index (χ2n) is 9.14. The summed E-state index contributed by atoms with van der Waals surface area (Å²) in [6, 6.07) is 3.65. The van der Waals surface area contributed by atoms with E-state index in [4.69, 9.17) is 0 Å². The van der Waals surface area contributed by atoms with Crippen LogP contribution < -0.4 is 0 Å². The van der Waals surface area contributed by atoms with Gasteiger partial charge in [0.1, 0.15) is 5.92 Å². The molecule has 0 aromatic heterocycles. The number of carbonyl (C=O) groups excluding carboxylic acids is 3. The van der Waals surface area contributed by atoms with E-state index in [2.05, 4.69) is 0 Å². The number of Topliss-reactive ketones (excluding diaryl/α,β-unsaturated/α-hetero) is 3. The normalized spacial score (nSPS) is 27.5. The summed E-state index contributed by atoms with van der Waals surface area (Å²) in [7, 11) is 0. The first-order valence-electron chi connectivity index (χ1n) is 9.45. The maximum absolute atomic E-state index is 13.4. The van der Waals surface area contributed by atoms with Crippen molar-refractivity contribution in [1.29, 1.82) is 0 Å². The summed E-state index contributed by atoms with van der Waals surface area (Å²) in [5, 5.41) is 0. The molecule has 1 aliphatic rings. The summed E-state index contributed by atoms with van der Waals surface area (Å²) in [4.78, 5) is 40.1. The minimum absolute atomic E-state index is 0.242. The Morgan fingerprint density at radius 3 is 1.77 bits per heavy atom. The number of carbonyl (C=O) groups is 3. The first-order chi connectivity index (χ1) is 11.8. The van der Waals surface area contributed by atoms with Gasteiger partial charge in [-0.05, 0) is 49.3 Å². The van der Waals surface area contributed by atoms with Crippen LogP contribution in [-0.2, 0) is 9.59 Å². The van der Waals surface area contributed by atoms with Gasteiger partial charge in [-0.1, -0.05) is 53.7 Å². The van der Waals surface area contributed by atoms with Crippen molar-refractivity contribution in [1.82, 2.24) is 0 Å². The van der Waals surface area contributed by atoms with Crippen LogP contribution in [0.4, 0.5) is 0 Å². The van der Waals surface area contributed by atoms with Gasteiger partial charge in [0.05, 0.1) is 0 Å². The molecule has 0 aliphatic heterocycles. The molecule has 0 N–H and O–H groups in total. The number of ketones is 3. The highest BCUT2D eigenvalue weighted by Crippen LogP contribution is 2.60. The summed E-state index contributed by atoms with van der Waals surface area (Å²) in [6.45, 7) is 17.4. The minimum Gasteiger partial charge on any atom is -0.298 e. The van der Waals surface area contributed by atoms with Crippen LogP contribution in [0.5, 0.6) is 0 Å². The second-order valence-corrected chi connectivity index (χ2v) is 9.14. The molecule has 0 amide bonds. The van der Waals surface area contributed by atoms with Gasteiger partial charge in [0.15, 0.2) is 17.3 Å². The van der Waals surface area contributed by atoms with E-state index in [9.17, 15) is 14.4 Å². The molecule has 1 aromatic rings. The topological polar surface area (TPSA) is 51.2 Å². The van der Waals surface area contributed by atoms with Crippen LogP contribution in [0, 0.1) is 42.9 Å². The van der Waals surface area contributed by atoms with Gasteiger partial charge in [0.2, 0.25) is 0 Å². The van der Waals surface area contributed by atoms with Crippen molar-refractivity contribution in [2.45, 2.75) is 68.7 Å². The Morgan fingerprint density at radius 2 is 1.35 bits per heavy atom. The molecule has 1 aromatic carbocycles. The Kier molecular flexibility index (Phi) is 4.85. The fraction of sp³-hybridized carbons (Fsp3) is 0.609. The fourth-order valence-electron chi connectivity index (χ4n) is 4.67. The quantitative estimate of drug-likeness (QED) is 0.564. The van der Waals surface area contributed by atoms with Crippen LogP contribution in [0.1, 0.15) is 75.0 Å². The number of aryl methyl sites for hydroxylation is 1. The average Bonchev–Trinajstić information content (AvgIpc) is 2.57. The smallest absolute Gasteiger partial charge is 0.181 e. The number of benzene rings is 1. The molecule has 26 heavy (non-hydrogen) atoms. The van der Waals surface area contributed by atoms with E-state index >= 15 is 0 Å². The van der Waals surface area contributed by atoms with Gasteiger partial charge in [-0.2, -0.15) is 0 Å². The molecule has 3 heteroatoms. The Hall–Kier alpha value is -1.77. The van der Waals surface area contributed by atoms with Crippen molar-refractivity contribution in [2.24, 2.45) is 22.2 Å². The molecule has 0 atom stereocenters. The molecule has 1 saturated carbocycles. The Bertz CT molecular complexity index is 768. The zero-order valence-electron chi connectivity index (χ0n) is 17.7. The molecule has 2 rings (SSSR count). The first kappa shape index (κ1) is 20.5. The van der Waals surface area contributed by atoms with Gasteiger partial charge in [-0.15, -0.1) is 0 Å². The SMILES string of the molecule is CCC1(C)C(C)(C)C(=O)C(C(=O)c2ccc(C)c(C)c2C)C(=O)C1(C)C. The molecule has 142 valence electrons. The first-order valence-corrected chi connectivity index (χ1v) is 9.45. The third kappa shape index (κ3) is 2.43. The standard InChI is InChI=1S/C23H32O3/c1-10-23(9)21(5,6)19(25)17(20(26)22(23,7)8)18(24)16-12-11-13(2)14(3)15(16)4/h11-12,17H,10H2,1-9H3. The summed E-state index contributed by atoms with van der Waals surface area (Å²) in [5.74, 6) is -2.04. The fourth-order valence-corrected chi connectivity index (χ4v) is 4.67. The minimum atomic E-state index is -1.21. The van der Waals surface area contributed by atoms with Gasteiger partial charge < -0.3 is 0 Å². The maximum atomic E-state index is 13.4. The van der Waals surface area contributed by atoms with Crippen LogP contribution >= 0.6 is 0 Å². The predicted molar refractivity (Wildman–Crippen MR) is 104 cm³/mol. The third-order valence-corrected chi connectivity index (χ3v) is 7.81. The van der Waals surface area contributed by atoms with Crippen LogP contribution in [0.25, 0.3) is 0 Å². The zero-order chi connectivity index (χ0) is 20.2. The lowest BCUT2D eigenvalue weighted by Crippen LogP contribution is -2.64. The molecule has 0 unspecified atom stereocenters. The molecule has 0 heterocycles. The number of hydrogen-bond donors (Lipinski definition) is 0. The van der Waals surface area contributed by atoms with Crippen molar-refractivity contribution in [3.63, 3.8) is 0 Å². The van der Waals surface area contributed by atoms with Gasteiger partial charge in [0, 0.05) is 16.4 Å². The Morgan fingerprint density at radius 1 is 0.885 bits per heavy atom. The monoisotopic (exact) mass is 356 g/mol. The molecule has 0 radical (unpaired) electrons. The maximum Gasteiger partial charge on any atom is 0.181 e. The van der Waals surface area contributed by atoms with E-state index in [0.29, 0.717) is 12.0 Å². The molecular formula is C23H32O3. The molecule has 1 fully saturated rings. The van der Waals surface area contributed by atoms with E-state index in [1.54, 1.807) is 6.07 Å². The highest BCUT2D eigenvalue weighted by atomic mass is 16.2. The van der Waals surface area contributed by atoms with E-state index in [1.165, 1.54) is 0 Å². The van der Waals surface area contributed by atoms with Crippen molar-refractivity contribution in [2.75, 3.05) is 0 Å². The number of hydrogen-bond acceptors (Lipinski definition) is 3. The van der Waals surface area contributed by atoms with Crippen LogP contribution in [0.15, 0.2) is 12.1 Å². The summed E-state index contributed by atoms with van der Waals surface area (Å²) >= 11 is 0. The zero-order valence-corrected chi connectivity index (χ0v) is 17.7. The lowest BCUT2D eigenvalue weighted by molar-refractivity contribution is -0.168. The molecule has 0 bridgehead atoms. The highest BCUT2D eigenvalue weighted by Gasteiger charge is 2.65. The van der Waals surface area contributed by atoms with Crippen molar-refractivity contribution in [3.05, 3.63) is 34.4 Å². The van der Waals surface area contributed by atoms with Crippen molar-refractivity contribution >= 4 is 17.3 Å². The second kappa shape index (κ2) is 6.14. The lowest BCUT2D eigenvalue weighted by atomic mass is 9.43. The molecular weight excluding hydrogens is 324 g/mol. The molecule has 0 saturated heterocycles. The number of rotatable bonds is 3. The molecule has 3 nitrogen and oxygen atoms in total. The van der Waals surface area contributed by atoms with Crippen LogP contribution in [0.3, 0.4) is 0 Å². The van der Waals surface area contributed by atoms with Crippen molar-refractivity contribution < 1.29 is 14.4 Å². The third-order valence-electron chi connectivity index (χ3n) is 7.81.